The molecule has 116 valence electrons. The lowest BCUT2D eigenvalue weighted by molar-refractivity contribution is 0.0561. The van der Waals surface area contributed by atoms with Gasteiger partial charge in [-0.1, -0.05) is 25.0 Å². The highest BCUT2D eigenvalue weighted by molar-refractivity contribution is 5.29. The average Bonchev–Trinajstić information content (AvgIpc) is 2.55. The Hall–Kier alpha value is -1.06. The number of hydrogen-bond acceptors (Lipinski definition) is 3. The van der Waals surface area contributed by atoms with Crippen molar-refractivity contribution in [2.75, 3.05) is 20.2 Å². The van der Waals surface area contributed by atoms with Crippen molar-refractivity contribution in [3.05, 3.63) is 29.8 Å². The van der Waals surface area contributed by atoms with Crippen LogP contribution in [0.25, 0.3) is 0 Å². The lowest BCUT2D eigenvalue weighted by atomic mass is 9.78. The number of likely N-dealkylation sites (tertiary alicyclic amines) is 1. The SMILES string of the molecule is COc1ccc(C(N)CN2CCCC3CCCCC32)cc1. The maximum Gasteiger partial charge on any atom is 0.118 e. The minimum Gasteiger partial charge on any atom is -0.497 e. The Morgan fingerprint density at radius 2 is 1.86 bits per heavy atom. The first-order valence-electron chi connectivity index (χ1n) is 8.41. The van der Waals surface area contributed by atoms with Gasteiger partial charge in [-0.2, -0.15) is 0 Å². The maximum atomic E-state index is 6.46. The number of rotatable bonds is 4. The molecule has 1 aromatic carbocycles. The summed E-state index contributed by atoms with van der Waals surface area (Å²) in [4.78, 5) is 2.67. The molecular formula is C18H28N2O. The number of methoxy groups -OCH3 is 1. The first-order chi connectivity index (χ1) is 10.3. The van der Waals surface area contributed by atoms with Crippen molar-refractivity contribution in [1.29, 1.82) is 0 Å². The molecule has 21 heavy (non-hydrogen) atoms. The van der Waals surface area contributed by atoms with E-state index in [0.29, 0.717) is 0 Å². The van der Waals surface area contributed by atoms with Gasteiger partial charge in [0.2, 0.25) is 0 Å². The van der Waals surface area contributed by atoms with Crippen LogP contribution in [0.1, 0.15) is 50.1 Å². The summed E-state index contributed by atoms with van der Waals surface area (Å²) in [5, 5.41) is 0. The molecule has 3 atom stereocenters. The zero-order valence-electron chi connectivity index (χ0n) is 13.1. The fourth-order valence-electron chi connectivity index (χ4n) is 4.16. The van der Waals surface area contributed by atoms with E-state index in [1.807, 2.05) is 12.1 Å². The van der Waals surface area contributed by atoms with E-state index >= 15 is 0 Å². The Bertz CT molecular complexity index is 443. The van der Waals surface area contributed by atoms with Crippen LogP contribution in [0, 0.1) is 5.92 Å². The molecule has 1 aliphatic heterocycles. The van der Waals surface area contributed by atoms with Crippen molar-refractivity contribution in [3.8, 4) is 5.75 Å². The van der Waals surface area contributed by atoms with E-state index in [1.54, 1.807) is 7.11 Å². The van der Waals surface area contributed by atoms with Gasteiger partial charge in [-0.15, -0.1) is 0 Å². The lowest BCUT2D eigenvalue weighted by Crippen LogP contribution is -2.49. The van der Waals surface area contributed by atoms with Crippen molar-refractivity contribution in [2.45, 2.75) is 50.6 Å². The van der Waals surface area contributed by atoms with E-state index in [2.05, 4.69) is 17.0 Å². The van der Waals surface area contributed by atoms with Crippen molar-refractivity contribution < 1.29 is 4.74 Å². The van der Waals surface area contributed by atoms with E-state index in [4.69, 9.17) is 10.5 Å². The number of piperidine rings is 1. The molecule has 1 aromatic rings. The van der Waals surface area contributed by atoms with Crippen LogP contribution in [0.3, 0.4) is 0 Å². The summed E-state index contributed by atoms with van der Waals surface area (Å²) >= 11 is 0. The molecule has 1 aliphatic carbocycles. The molecule has 1 heterocycles. The van der Waals surface area contributed by atoms with Crippen molar-refractivity contribution in [3.63, 3.8) is 0 Å². The van der Waals surface area contributed by atoms with E-state index in [0.717, 1.165) is 24.3 Å². The largest absolute Gasteiger partial charge is 0.497 e. The predicted molar refractivity (Wildman–Crippen MR) is 86.5 cm³/mol. The summed E-state index contributed by atoms with van der Waals surface area (Å²) in [6, 6.07) is 9.12. The van der Waals surface area contributed by atoms with E-state index in [-0.39, 0.29) is 6.04 Å². The second-order valence-corrected chi connectivity index (χ2v) is 6.63. The minimum atomic E-state index is 0.108. The van der Waals surface area contributed by atoms with Crippen LogP contribution in [0.5, 0.6) is 5.75 Å². The smallest absolute Gasteiger partial charge is 0.118 e. The van der Waals surface area contributed by atoms with Crippen LogP contribution >= 0.6 is 0 Å². The van der Waals surface area contributed by atoms with Gasteiger partial charge in [0.25, 0.3) is 0 Å². The molecule has 0 aromatic heterocycles. The highest BCUT2D eigenvalue weighted by Gasteiger charge is 2.33. The third kappa shape index (κ3) is 3.41. The molecule has 3 rings (SSSR count). The second kappa shape index (κ2) is 6.80. The quantitative estimate of drug-likeness (QED) is 0.923. The summed E-state index contributed by atoms with van der Waals surface area (Å²) in [6.45, 7) is 2.22. The molecule has 1 saturated heterocycles. The van der Waals surface area contributed by atoms with Crippen LogP contribution in [0.2, 0.25) is 0 Å². The van der Waals surface area contributed by atoms with Crippen LogP contribution in [0.4, 0.5) is 0 Å². The molecule has 3 unspecified atom stereocenters. The fraction of sp³-hybridized carbons (Fsp3) is 0.667. The van der Waals surface area contributed by atoms with Crippen LogP contribution in [0.15, 0.2) is 24.3 Å². The first kappa shape index (κ1) is 14.9. The topological polar surface area (TPSA) is 38.5 Å². The number of hydrogen-bond donors (Lipinski definition) is 1. The average molecular weight is 288 g/mol. The van der Waals surface area contributed by atoms with Crippen molar-refractivity contribution in [1.82, 2.24) is 4.90 Å². The molecular weight excluding hydrogens is 260 g/mol. The monoisotopic (exact) mass is 288 g/mol. The third-order valence-corrected chi connectivity index (χ3v) is 5.33. The molecule has 0 radical (unpaired) electrons. The Kier molecular flexibility index (Phi) is 4.81. The summed E-state index contributed by atoms with van der Waals surface area (Å²) in [7, 11) is 1.70. The van der Waals surface area contributed by atoms with Gasteiger partial charge in [0.15, 0.2) is 0 Å². The summed E-state index contributed by atoms with van der Waals surface area (Å²) in [5.41, 5.74) is 7.67. The highest BCUT2D eigenvalue weighted by Crippen LogP contribution is 2.35. The normalized spacial score (nSPS) is 27.9. The predicted octanol–water partition coefficient (Wildman–Crippen LogP) is 3.35. The number of nitrogens with zero attached hydrogens (tertiary/aromatic N) is 1. The van der Waals surface area contributed by atoms with Crippen LogP contribution in [-0.4, -0.2) is 31.1 Å². The maximum absolute atomic E-state index is 6.46. The van der Waals surface area contributed by atoms with Gasteiger partial charge in [0.1, 0.15) is 5.75 Å². The van der Waals surface area contributed by atoms with Gasteiger partial charge >= 0.3 is 0 Å². The first-order valence-corrected chi connectivity index (χ1v) is 8.41. The molecule has 0 spiro atoms. The third-order valence-electron chi connectivity index (χ3n) is 5.33. The van der Waals surface area contributed by atoms with E-state index < -0.39 is 0 Å². The number of nitrogens with two attached hydrogens (primary N) is 1. The minimum absolute atomic E-state index is 0.108. The Morgan fingerprint density at radius 3 is 2.62 bits per heavy atom. The molecule has 2 aliphatic rings. The fourth-order valence-corrected chi connectivity index (χ4v) is 4.16. The summed E-state index contributed by atoms with van der Waals surface area (Å²) in [5.74, 6) is 1.83. The molecule has 0 amide bonds. The molecule has 3 nitrogen and oxygen atoms in total. The van der Waals surface area contributed by atoms with Crippen molar-refractivity contribution >= 4 is 0 Å². The number of fused-ring (bicyclic) bond motifs is 1. The van der Waals surface area contributed by atoms with Gasteiger partial charge in [-0.25, -0.2) is 0 Å². The molecule has 3 heteroatoms. The second-order valence-electron chi connectivity index (χ2n) is 6.63. The van der Waals surface area contributed by atoms with Crippen LogP contribution in [-0.2, 0) is 0 Å². The Labute approximate surface area is 128 Å². The Balaban J connectivity index is 1.63. The zero-order valence-corrected chi connectivity index (χ0v) is 13.1. The zero-order chi connectivity index (χ0) is 14.7. The standard InChI is InChI=1S/C18H28N2O/c1-21-16-10-8-14(9-11-16)17(19)13-20-12-4-6-15-5-2-3-7-18(15)20/h8-11,15,17-18H,2-7,12-13,19H2,1H3. The Morgan fingerprint density at radius 1 is 1.14 bits per heavy atom. The molecule has 0 bridgehead atoms. The van der Waals surface area contributed by atoms with Crippen LogP contribution < -0.4 is 10.5 Å². The van der Waals surface area contributed by atoms with Gasteiger partial charge in [0.05, 0.1) is 7.11 Å². The number of benzene rings is 1. The van der Waals surface area contributed by atoms with Crippen molar-refractivity contribution in [2.24, 2.45) is 11.7 Å². The number of ether oxygens (including phenoxy) is 1. The van der Waals surface area contributed by atoms with E-state index in [9.17, 15) is 0 Å². The molecule has 2 fully saturated rings. The van der Waals surface area contributed by atoms with E-state index in [1.165, 1.54) is 50.6 Å². The van der Waals surface area contributed by atoms with Gasteiger partial charge in [0, 0.05) is 18.6 Å². The summed E-state index contributed by atoms with van der Waals surface area (Å²) in [6.07, 6.45) is 8.41. The summed E-state index contributed by atoms with van der Waals surface area (Å²) < 4.78 is 5.22. The van der Waals surface area contributed by atoms with Gasteiger partial charge in [-0.3, -0.25) is 4.90 Å². The molecule has 1 saturated carbocycles. The highest BCUT2D eigenvalue weighted by atomic mass is 16.5. The molecule has 2 N–H and O–H groups in total. The van der Waals surface area contributed by atoms with Gasteiger partial charge in [-0.05, 0) is 55.8 Å². The lowest BCUT2D eigenvalue weighted by Gasteiger charge is -2.45. The van der Waals surface area contributed by atoms with Gasteiger partial charge < -0.3 is 10.5 Å².